The van der Waals surface area contributed by atoms with Gasteiger partial charge in [-0.3, -0.25) is 0 Å². The third kappa shape index (κ3) is 3.06. The third-order valence-corrected chi connectivity index (χ3v) is 2.46. The molecule has 0 aliphatic carbocycles. The van der Waals surface area contributed by atoms with Gasteiger partial charge in [-0.25, -0.2) is 8.78 Å². The molecule has 1 aromatic carbocycles. The number of nitrogens with two attached hydrogens (primary N) is 1. The molecular formula is C11H17F2N3. The van der Waals surface area contributed by atoms with E-state index >= 15 is 0 Å². The number of nitrogens with one attached hydrogen (secondary N) is 1. The molecule has 0 heterocycles. The number of anilines is 2. The van der Waals surface area contributed by atoms with Crippen LogP contribution in [-0.2, 0) is 0 Å². The first-order chi connectivity index (χ1) is 7.56. The molecule has 0 atom stereocenters. The van der Waals surface area contributed by atoms with Gasteiger partial charge in [-0.05, 0) is 25.7 Å². The van der Waals surface area contributed by atoms with Crippen LogP contribution in [0.5, 0.6) is 0 Å². The number of nitrogen functional groups attached to an aromatic ring is 1. The minimum atomic E-state index is -0.992. The molecule has 3 N–H and O–H groups in total. The number of rotatable bonds is 5. The van der Waals surface area contributed by atoms with Gasteiger partial charge in [0.05, 0.1) is 11.4 Å². The third-order valence-electron chi connectivity index (χ3n) is 2.46. The number of halogens is 2. The lowest BCUT2D eigenvalue weighted by Gasteiger charge is -2.15. The van der Waals surface area contributed by atoms with Crippen molar-refractivity contribution in [1.82, 2.24) is 4.90 Å². The summed E-state index contributed by atoms with van der Waals surface area (Å²) in [5, 5.41) is 2.83. The molecule has 1 aromatic rings. The van der Waals surface area contributed by atoms with E-state index in [0.717, 1.165) is 13.1 Å². The van der Waals surface area contributed by atoms with Gasteiger partial charge in [0.15, 0.2) is 11.6 Å². The highest BCUT2D eigenvalue weighted by Gasteiger charge is 2.10. The molecule has 1 rings (SSSR count). The number of likely N-dealkylation sites (N-methyl/N-ethyl adjacent to an activating group) is 1. The number of hydrogen-bond donors (Lipinski definition) is 2. The highest BCUT2D eigenvalue weighted by Crippen LogP contribution is 2.21. The predicted octanol–water partition coefficient (Wildman–Crippen LogP) is 1.91. The second-order valence-corrected chi connectivity index (χ2v) is 3.65. The van der Waals surface area contributed by atoms with Gasteiger partial charge in [0.1, 0.15) is 0 Å². The molecular weight excluding hydrogens is 212 g/mol. The lowest BCUT2D eigenvalue weighted by molar-refractivity contribution is 0.366. The number of nitrogens with zero attached hydrogens (tertiary/aromatic N) is 1. The van der Waals surface area contributed by atoms with Crippen LogP contribution < -0.4 is 11.1 Å². The summed E-state index contributed by atoms with van der Waals surface area (Å²) in [4.78, 5) is 2.07. The highest BCUT2D eigenvalue weighted by molar-refractivity contribution is 5.53. The van der Waals surface area contributed by atoms with E-state index in [1.54, 1.807) is 0 Å². The van der Waals surface area contributed by atoms with Gasteiger partial charge in [-0.2, -0.15) is 0 Å². The Hall–Kier alpha value is -1.36. The van der Waals surface area contributed by atoms with E-state index < -0.39 is 11.6 Å². The zero-order chi connectivity index (χ0) is 12.1. The smallest absolute Gasteiger partial charge is 0.184 e. The first-order valence-corrected chi connectivity index (χ1v) is 5.22. The Morgan fingerprint density at radius 3 is 2.62 bits per heavy atom. The molecule has 0 radical (unpaired) electrons. The van der Waals surface area contributed by atoms with Crippen LogP contribution in [0.15, 0.2) is 12.1 Å². The Balaban J connectivity index is 2.58. The molecule has 0 saturated carbocycles. The summed E-state index contributed by atoms with van der Waals surface area (Å²) in [6.45, 7) is 4.27. The fourth-order valence-corrected chi connectivity index (χ4v) is 1.24. The summed E-state index contributed by atoms with van der Waals surface area (Å²) in [5.41, 5.74) is 5.21. The molecule has 0 bridgehead atoms. The first kappa shape index (κ1) is 12.7. The summed E-state index contributed by atoms with van der Waals surface area (Å²) in [7, 11) is 1.96. The minimum absolute atomic E-state index is 0.149. The van der Waals surface area contributed by atoms with Crippen LogP contribution in [0.1, 0.15) is 6.92 Å². The molecule has 0 aliphatic rings. The van der Waals surface area contributed by atoms with Crippen molar-refractivity contribution in [3.05, 3.63) is 23.8 Å². The Morgan fingerprint density at radius 1 is 1.31 bits per heavy atom. The van der Waals surface area contributed by atoms with E-state index in [0.29, 0.717) is 6.54 Å². The van der Waals surface area contributed by atoms with Gasteiger partial charge < -0.3 is 16.0 Å². The summed E-state index contributed by atoms with van der Waals surface area (Å²) in [5.74, 6) is -1.91. The second-order valence-electron chi connectivity index (χ2n) is 3.65. The Bertz CT molecular complexity index is 355. The van der Waals surface area contributed by atoms with E-state index in [9.17, 15) is 8.78 Å². The highest BCUT2D eigenvalue weighted by atomic mass is 19.2. The van der Waals surface area contributed by atoms with Gasteiger partial charge in [0, 0.05) is 13.1 Å². The quantitative estimate of drug-likeness (QED) is 0.758. The molecule has 0 aromatic heterocycles. The van der Waals surface area contributed by atoms with Crippen molar-refractivity contribution in [2.75, 3.05) is 37.7 Å². The van der Waals surface area contributed by atoms with Crippen molar-refractivity contribution in [1.29, 1.82) is 0 Å². The molecule has 0 fully saturated rings. The maximum absolute atomic E-state index is 13.3. The zero-order valence-corrected chi connectivity index (χ0v) is 9.56. The van der Waals surface area contributed by atoms with E-state index in [4.69, 9.17) is 5.73 Å². The maximum atomic E-state index is 13.3. The average molecular weight is 229 g/mol. The summed E-state index contributed by atoms with van der Waals surface area (Å²) in [6, 6.07) is 2.80. The topological polar surface area (TPSA) is 41.3 Å². The standard InChI is InChI=1S/C11H17F2N3/c1-3-16(2)7-6-15-9-5-4-8(14)10(12)11(9)13/h4-5,15H,3,6-7,14H2,1-2H3. The fourth-order valence-electron chi connectivity index (χ4n) is 1.24. The summed E-state index contributed by atoms with van der Waals surface area (Å²) >= 11 is 0. The lowest BCUT2D eigenvalue weighted by atomic mass is 10.2. The van der Waals surface area contributed by atoms with Crippen LogP contribution in [0, 0.1) is 11.6 Å². The van der Waals surface area contributed by atoms with Gasteiger partial charge in [0.25, 0.3) is 0 Å². The van der Waals surface area contributed by atoms with Gasteiger partial charge in [-0.15, -0.1) is 0 Å². The van der Waals surface area contributed by atoms with Crippen LogP contribution in [0.3, 0.4) is 0 Å². The number of hydrogen-bond acceptors (Lipinski definition) is 3. The molecule has 0 unspecified atom stereocenters. The van der Waals surface area contributed by atoms with Crippen molar-refractivity contribution < 1.29 is 8.78 Å². The van der Waals surface area contributed by atoms with Crippen LogP contribution in [0.25, 0.3) is 0 Å². The summed E-state index contributed by atoms with van der Waals surface area (Å²) in [6.07, 6.45) is 0. The van der Waals surface area contributed by atoms with Crippen molar-refractivity contribution in [3.8, 4) is 0 Å². The van der Waals surface area contributed by atoms with Gasteiger partial charge in [0.2, 0.25) is 0 Å². The van der Waals surface area contributed by atoms with Crippen molar-refractivity contribution in [3.63, 3.8) is 0 Å². The van der Waals surface area contributed by atoms with Gasteiger partial charge in [-0.1, -0.05) is 6.92 Å². The number of benzene rings is 1. The molecule has 16 heavy (non-hydrogen) atoms. The Morgan fingerprint density at radius 2 is 2.00 bits per heavy atom. The molecule has 0 spiro atoms. The van der Waals surface area contributed by atoms with E-state index in [1.807, 2.05) is 14.0 Å². The molecule has 5 heteroatoms. The monoisotopic (exact) mass is 229 g/mol. The zero-order valence-electron chi connectivity index (χ0n) is 9.56. The van der Waals surface area contributed by atoms with Crippen LogP contribution in [0.2, 0.25) is 0 Å². The molecule has 0 amide bonds. The van der Waals surface area contributed by atoms with Crippen LogP contribution in [0.4, 0.5) is 20.2 Å². The van der Waals surface area contributed by atoms with Crippen LogP contribution in [-0.4, -0.2) is 31.6 Å². The molecule has 3 nitrogen and oxygen atoms in total. The van der Waals surface area contributed by atoms with Crippen molar-refractivity contribution in [2.45, 2.75) is 6.92 Å². The SMILES string of the molecule is CCN(C)CCNc1ccc(N)c(F)c1F. The summed E-state index contributed by atoms with van der Waals surface area (Å²) < 4.78 is 26.4. The lowest BCUT2D eigenvalue weighted by Crippen LogP contribution is -2.25. The Kier molecular flexibility index (Phi) is 4.49. The predicted molar refractivity (Wildman–Crippen MR) is 62.4 cm³/mol. The largest absolute Gasteiger partial charge is 0.396 e. The minimum Gasteiger partial charge on any atom is -0.396 e. The van der Waals surface area contributed by atoms with Crippen molar-refractivity contribution >= 4 is 11.4 Å². The first-order valence-electron chi connectivity index (χ1n) is 5.22. The van der Waals surface area contributed by atoms with Crippen molar-refractivity contribution in [2.24, 2.45) is 0 Å². The van der Waals surface area contributed by atoms with E-state index in [1.165, 1.54) is 12.1 Å². The normalized spacial score (nSPS) is 10.8. The maximum Gasteiger partial charge on any atom is 0.184 e. The molecule has 0 aliphatic heterocycles. The second kappa shape index (κ2) is 5.65. The van der Waals surface area contributed by atoms with Crippen LogP contribution >= 0.6 is 0 Å². The van der Waals surface area contributed by atoms with E-state index in [-0.39, 0.29) is 11.4 Å². The van der Waals surface area contributed by atoms with E-state index in [2.05, 4.69) is 10.2 Å². The van der Waals surface area contributed by atoms with Gasteiger partial charge >= 0.3 is 0 Å². The fraction of sp³-hybridized carbons (Fsp3) is 0.455. The molecule has 90 valence electrons. The molecule has 0 saturated heterocycles. The Labute approximate surface area is 94.2 Å². The average Bonchev–Trinajstić information content (AvgIpc) is 2.29.